The lowest BCUT2D eigenvalue weighted by atomic mass is 9.94. The zero-order valence-electron chi connectivity index (χ0n) is 17.4. The van der Waals surface area contributed by atoms with Crippen LogP contribution in [0.25, 0.3) is 0 Å². The molecule has 0 aliphatic heterocycles. The molecule has 8 heteroatoms. The fourth-order valence-corrected chi connectivity index (χ4v) is 3.84. The molecule has 1 aliphatic carbocycles. The molecule has 0 aromatic heterocycles. The third kappa shape index (κ3) is 6.24. The molecule has 1 atom stereocenters. The van der Waals surface area contributed by atoms with E-state index in [1.165, 1.54) is 18.4 Å². The van der Waals surface area contributed by atoms with Crippen LogP contribution >= 0.6 is 11.6 Å². The van der Waals surface area contributed by atoms with E-state index in [1.807, 2.05) is 0 Å². The van der Waals surface area contributed by atoms with Crippen molar-refractivity contribution >= 4 is 23.4 Å². The number of hydrogen-bond acceptors (Lipinski definition) is 5. The van der Waals surface area contributed by atoms with Crippen LogP contribution in [-0.2, 0) is 14.3 Å². The van der Waals surface area contributed by atoms with E-state index >= 15 is 0 Å². The monoisotopic (exact) mass is 426 g/mol. The molecule has 0 unspecified atom stereocenters. The largest absolute Gasteiger partial charge is 0.493 e. The predicted octanol–water partition coefficient (Wildman–Crippen LogP) is 2.91. The number of alkyl halides is 1. The second kappa shape index (κ2) is 11.9. The minimum atomic E-state index is -0.835. The number of ether oxygens (including phenoxy) is 3. The summed E-state index contributed by atoms with van der Waals surface area (Å²) < 4.78 is 15.8. The van der Waals surface area contributed by atoms with Crippen molar-refractivity contribution < 1.29 is 23.8 Å². The summed E-state index contributed by atoms with van der Waals surface area (Å²) in [4.78, 5) is 27.4. The Morgan fingerprint density at radius 1 is 1.14 bits per heavy atom. The molecule has 1 fully saturated rings. The van der Waals surface area contributed by atoms with Crippen LogP contribution in [0.2, 0.25) is 0 Å². The van der Waals surface area contributed by atoms with Crippen molar-refractivity contribution in [3.63, 3.8) is 0 Å². The van der Waals surface area contributed by atoms with Crippen molar-refractivity contribution in [2.45, 2.75) is 44.2 Å². The first-order chi connectivity index (χ1) is 14.0. The maximum absolute atomic E-state index is 13.3. The first kappa shape index (κ1) is 23.3. The van der Waals surface area contributed by atoms with Crippen LogP contribution in [-0.4, -0.2) is 63.1 Å². The molecule has 0 heterocycles. The predicted molar refractivity (Wildman–Crippen MR) is 112 cm³/mol. The van der Waals surface area contributed by atoms with Crippen LogP contribution in [0, 0.1) is 0 Å². The van der Waals surface area contributed by atoms with Gasteiger partial charge in [-0.05, 0) is 30.5 Å². The number of amides is 2. The summed E-state index contributed by atoms with van der Waals surface area (Å²) in [5.74, 6) is 0.269. The molecular formula is C21H31ClN2O5. The molecule has 1 N–H and O–H groups in total. The standard InChI is InChI=1S/C21H31ClN2O5/c1-27-12-11-24(19(25)14-22)20(21(26)23-16-7-5-4-6-8-16)15-9-10-17(28-2)18(13-15)29-3/h9-10,13,16,20H,4-8,11-12,14H2,1-3H3,(H,23,26)/t20-/m0/s1. The van der Waals surface area contributed by atoms with E-state index in [0.29, 0.717) is 23.7 Å². The number of hydrogen-bond donors (Lipinski definition) is 1. The van der Waals surface area contributed by atoms with Crippen molar-refractivity contribution in [3.8, 4) is 11.5 Å². The normalized spacial score (nSPS) is 15.4. The van der Waals surface area contributed by atoms with Gasteiger partial charge in [0, 0.05) is 19.7 Å². The van der Waals surface area contributed by atoms with Crippen LogP contribution < -0.4 is 14.8 Å². The zero-order chi connectivity index (χ0) is 21.2. The minimum absolute atomic E-state index is 0.120. The molecule has 1 aromatic rings. The molecule has 1 saturated carbocycles. The van der Waals surface area contributed by atoms with Crippen LogP contribution in [0.3, 0.4) is 0 Å². The molecule has 29 heavy (non-hydrogen) atoms. The van der Waals surface area contributed by atoms with Gasteiger partial charge in [0.15, 0.2) is 11.5 Å². The quantitative estimate of drug-likeness (QED) is 0.582. The summed E-state index contributed by atoms with van der Waals surface area (Å²) >= 11 is 5.85. The second-order valence-corrected chi connectivity index (χ2v) is 7.34. The van der Waals surface area contributed by atoms with E-state index in [-0.39, 0.29) is 30.3 Å². The van der Waals surface area contributed by atoms with E-state index < -0.39 is 6.04 Å². The second-order valence-electron chi connectivity index (χ2n) is 7.07. The van der Waals surface area contributed by atoms with Crippen LogP contribution in [0.15, 0.2) is 18.2 Å². The smallest absolute Gasteiger partial charge is 0.247 e. The van der Waals surface area contributed by atoms with Crippen LogP contribution in [0.1, 0.15) is 43.7 Å². The van der Waals surface area contributed by atoms with E-state index in [2.05, 4.69) is 5.32 Å². The topological polar surface area (TPSA) is 77.1 Å². The maximum atomic E-state index is 13.3. The number of halogens is 1. The number of carbonyl (C=O) groups is 2. The fraction of sp³-hybridized carbons (Fsp3) is 0.619. The lowest BCUT2D eigenvalue weighted by molar-refractivity contribution is -0.140. The summed E-state index contributed by atoms with van der Waals surface area (Å²) in [5, 5.41) is 3.13. The molecular weight excluding hydrogens is 396 g/mol. The Hall–Kier alpha value is -1.99. The van der Waals surface area contributed by atoms with Gasteiger partial charge in [-0.2, -0.15) is 0 Å². The van der Waals surface area contributed by atoms with Crippen molar-refractivity contribution in [1.82, 2.24) is 10.2 Å². The molecule has 0 radical (unpaired) electrons. The molecule has 7 nitrogen and oxygen atoms in total. The highest BCUT2D eigenvalue weighted by atomic mass is 35.5. The average molecular weight is 427 g/mol. The summed E-state index contributed by atoms with van der Waals surface area (Å²) in [6.45, 7) is 0.544. The van der Waals surface area contributed by atoms with Gasteiger partial charge in [0.1, 0.15) is 11.9 Å². The third-order valence-corrected chi connectivity index (χ3v) is 5.43. The number of methoxy groups -OCH3 is 3. The number of nitrogens with zero attached hydrogens (tertiary/aromatic N) is 1. The van der Waals surface area contributed by atoms with Gasteiger partial charge in [-0.15, -0.1) is 11.6 Å². The van der Waals surface area contributed by atoms with Gasteiger partial charge < -0.3 is 24.4 Å². The molecule has 0 bridgehead atoms. The third-order valence-electron chi connectivity index (χ3n) is 5.21. The van der Waals surface area contributed by atoms with E-state index in [9.17, 15) is 9.59 Å². The first-order valence-corrected chi connectivity index (χ1v) is 10.5. The minimum Gasteiger partial charge on any atom is -0.493 e. The Balaban J connectivity index is 2.39. The van der Waals surface area contributed by atoms with Gasteiger partial charge in [-0.3, -0.25) is 9.59 Å². The van der Waals surface area contributed by atoms with Gasteiger partial charge in [0.05, 0.1) is 20.8 Å². The molecule has 162 valence electrons. The highest BCUT2D eigenvalue weighted by Crippen LogP contribution is 2.32. The molecule has 0 saturated heterocycles. The van der Waals surface area contributed by atoms with E-state index in [4.69, 9.17) is 25.8 Å². The Morgan fingerprint density at radius 2 is 1.83 bits per heavy atom. The van der Waals surface area contributed by atoms with E-state index in [1.54, 1.807) is 32.4 Å². The summed E-state index contributed by atoms with van der Waals surface area (Å²) in [7, 11) is 4.63. The molecule has 1 aliphatic rings. The Kier molecular flexibility index (Phi) is 9.54. The van der Waals surface area contributed by atoms with Gasteiger partial charge in [0.25, 0.3) is 0 Å². The van der Waals surface area contributed by atoms with Gasteiger partial charge in [-0.25, -0.2) is 0 Å². The van der Waals surface area contributed by atoms with Gasteiger partial charge in [-0.1, -0.05) is 25.3 Å². The van der Waals surface area contributed by atoms with Gasteiger partial charge in [0.2, 0.25) is 11.8 Å². The molecule has 0 spiro atoms. The van der Waals surface area contributed by atoms with Crippen molar-refractivity contribution in [2.75, 3.05) is 40.4 Å². The maximum Gasteiger partial charge on any atom is 0.247 e. The molecule has 2 rings (SSSR count). The van der Waals surface area contributed by atoms with Crippen molar-refractivity contribution in [2.24, 2.45) is 0 Å². The number of benzene rings is 1. The highest BCUT2D eigenvalue weighted by Gasteiger charge is 2.33. The Labute approximate surface area is 177 Å². The zero-order valence-corrected chi connectivity index (χ0v) is 18.2. The Bertz CT molecular complexity index is 679. The number of nitrogens with one attached hydrogen (secondary N) is 1. The van der Waals surface area contributed by atoms with Crippen molar-refractivity contribution in [1.29, 1.82) is 0 Å². The van der Waals surface area contributed by atoms with Crippen LogP contribution in [0.4, 0.5) is 0 Å². The SMILES string of the molecule is COCCN(C(=O)CCl)[C@H](C(=O)NC1CCCCC1)c1ccc(OC)c(OC)c1. The lowest BCUT2D eigenvalue weighted by Gasteiger charge is -2.33. The Morgan fingerprint density at radius 3 is 2.41 bits per heavy atom. The molecule has 2 amide bonds. The summed E-state index contributed by atoms with van der Waals surface area (Å²) in [6.07, 6.45) is 5.29. The van der Waals surface area contributed by atoms with Gasteiger partial charge >= 0.3 is 0 Å². The highest BCUT2D eigenvalue weighted by molar-refractivity contribution is 6.27. The summed E-state index contributed by atoms with van der Waals surface area (Å²) in [6, 6.07) is 4.51. The average Bonchev–Trinajstić information content (AvgIpc) is 2.76. The van der Waals surface area contributed by atoms with Crippen molar-refractivity contribution in [3.05, 3.63) is 23.8 Å². The van der Waals surface area contributed by atoms with E-state index in [0.717, 1.165) is 25.7 Å². The fourth-order valence-electron chi connectivity index (χ4n) is 3.69. The number of carbonyl (C=O) groups excluding carboxylic acids is 2. The van der Waals surface area contributed by atoms with Crippen LogP contribution in [0.5, 0.6) is 11.5 Å². The lowest BCUT2D eigenvalue weighted by Crippen LogP contribution is -2.48. The first-order valence-electron chi connectivity index (χ1n) is 9.92. The molecule has 1 aromatic carbocycles. The number of rotatable bonds is 10. The summed E-state index contributed by atoms with van der Waals surface area (Å²) in [5.41, 5.74) is 0.630.